The molecule has 1 aliphatic rings. The summed E-state index contributed by atoms with van der Waals surface area (Å²) in [4.78, 5) is 7.07. The second-order valence-electron chi connectivity index (χ2n) is 6.99. The maximum Gasteiger partial charge on any atom is 0.127 e. The van der Waals surface area contributed by atoms with Crippen molar-refractivity contribution in [2.45, 2.75) is 6.42 Å². The maximum absolute atomic E-state index is 13.0. The lowest BCUT2D eigenvalue weighted by Gasteiger charge is -2.30. The normalized spacial score (nSPS) is 14.1. The summed E-state index contributed by atoms with van der Waals surface area (Å²) in [5, 5.41) is 12.7. The fourth-order valence-corrected chi connectivity index (χ4v) is 3.40. The number of piperazine rings is 1. The summed E-state index contributed by atoms with van der Waals surface area (Å²) in [6.07, 6.45) is 0.526. The molecule has 1 saturated heterocycles. The number of nitrogens with one attached hydrogen (secondary N) is 1. The number of pyridine rings is 1. The van der Waals surface area contributed by atoms with Gasteiger partial charge in [-0.3, -0.25) is 4.98 Å². The standard InChI is InChI=1S/C23H24FN3O2/c24-18-3-7-22(8-4-18)29-21-5-1-17(2-6-21)23-16-20(15-19(26-23)9-14-28)27-12-10-25-11-13-27/h1-8,15-16,25,28H,9-14H2. The number of aromatic nitrogens is 1. The number of hydrogen-bond donors (Lipinski definition) is 2. The van der Waals surface area contributed by atoms with E-state index in [0.717, 1.165) is 48.8 Å². The second-order valence-corrected chi connectivity index (χ2v) is 6.99. The Balaban J connectivity index is 1.57. The van der Waals surface area contributed by atoms with Crippen LogP contribution in [0.25, 0.3) is 11.3 Å². The molecule has 0 saturated carbocycles. The Hall–Kier alpha value is -2.96. The predicted molar refractivity (Wildman–Crippen MR) is 112 cm³/mol. The van der Waals surface area contributed by atoms with Crippen molar-refractivity contribution >= 4 is 5.69 Å². The molecule has 0 atom stereocenters. The van der Waals surface area contributed by atoms with E-state index in [9.17, 15) is 9.50 Å². The fraction of sp³-hybridized carbons (Fsp3) is 0.261. The summed E-state index contributed by atoms with van der Waals surface area (Å²) < 4.78 is 18.8. The molecule has 2 aromatic carbocycles. The van der Waals surface area contributed by atoms with Gasteiger partial charge >= 0.3 is 0 Å². The van der Waals surface area contributed by atoms with Gasteiger partial charge in [0.05, 0.1) is 5.69 Å². The zero-order chi connectivity index (χ0) is 20.1. The molecule has 0 spiro atoms. The number of benzene rings is 2. The van der Waals surface area contributed by atoms with Crippen LogP contribution in [0.5, 0.6) is 11.5 Å². The number of aliphatic hydroxyl groups excluding tert-OH is 1. The van der Waals surface area contributed by atoms with Crippen LogP contribution in [0.15, 0.2) is 60.7 Å². The van der Waals surface area contributed by atoms with Gasteiger partial charge in [0.25, 0.3) is 0 Å². The zero-order valence-electron chi connectivity index (χ0n) is 16.1. The molecule has 5 nitrogen and oxygen atoms in total. The van der Waals surface area contributed by atoms with Gasteiger partial charge in [0.1, 0.15) is 17.3 Å². The van der Waals surface area contributed by atoms with E-state index in [4.69, 9.17) is 9.72 Å². The molecule has 4 rings (SSSR count). The van der Waals surface area contributed by atoms with Gasteiger partial charge < -0.3 is 20.1 Å². The van der Waals surface area contributed by atoms with Gasteiger partial charge in [-0.1, -0.05) is 0 Å². The van der Waals surface area contributed by atoms with E-state index in [1.807, 2.05) is 24.3 Å². The molecule has 0 aliphatic carbocycles. The van der Waals surface area contributed by atoms with Crippen molar-refractivity contribution in [1.29, 1.82) is 0 Å². The molecule has 150 valence electrons. The molecule has 0 bridgehead atoms. The molecule has 0 amide bonds. The molecule has 2 N–H and O–H groups in total. The summed E-state index contributed by atoms with van der Waals surface area (Å²) in [6.45, 7) is 3.89. The maximum atomic E-state index is 13.0. The van der Waals surface area contributed by atoms with Crippen LogP contribution in [0.1, 0.15) is 5.69 Å². The third kappa shape index (κ3) is 4.91. The van der Waals surface area contributed by atoms with E-state index < -0.39 is 0 Å². The van der Waals surface area contributed by atoms with Crippen molar-refractivity contribution < 1.29 is 14.2 Å². The van der Waals surface area contributed by atoms with Gasteiger partial charge in [0, 0.05) is 56.2 Å². The highest BCUT2D eigenvalue weighted by molar-refractivity contribution is 5.66. The van der Waals surface area contributed by atoms with Crippen molar-refractivity contribution in [2.24, 2.45) is 0 Å². The van der Waals surface area contributed by atoms with E-state index in [-0.39, 0.29) is 12.4 Å². The van der Waals surface area contributed by atoms with E-state index >= 15 is 0 Å². The number of hydrogen-bond acceptors (Lipinski definition) is 5. The summed E-state index contributed by atoms with van der Waals surface area (Å²) in [7, 11) is 0. The zero-order valence-corrected chi connectivity index (χ0v) is 16.1. The van der Waals surface area contributed by atoms with E-state index in [0.29, 0.717) is 17.9 Å². The highest BCUT2D eigenvalue weighted by atomic mass is 19.1. The summed E-state index contributed by atoms with van der Waals surface area (Å²) in [5.74, 6) is 0.972. The molecule has 3 aromatic rings. The average molecular weight is 393 g/mol. The molecule has 1 aromatic heterocycles. The van der Waals surface area contributed by atoms with Crippen molar-refractivity contribution in [3.63, 3.8) is 0 Å². The fourth-order valence-electron chi connectivity index (χ4n) is 3.40. The molecule has 0 unspecified atom stereocenters. The van der Waals surface area contributed by atoms with Crippen molar-refractivity contribution in [3.05, 3.63) is 72.2 Å². The molecule has 0 radical (unpaired) electrons. The molecule has 2 heterocycles. The number of rotatable bonds is 6. The van der Waals surface area contributed by atoms with Gasteiger partial charge in [0.2, 0.25) is 0 Å². The van der Waals surface area contributed by atoms with Crippen LogP contribution in [-0.2, 0) is 6.42 Å². The lowest BCUT2D eigenvalue weighted by molar-refractivity contribution is 0.298. The lowest BCUT2D eigenvalue weighted by Crippen LogP contribution is -2.43. The molecular formula is C23H24FN3O2. The van der Waals surface area contributed by atoms with Gasteiger partial charge in [-0.05, 0) is 60.7 Å². The molecular weight excluding hydrogens is 369 g/mol. The van der Waals surface area contributed by atoms with Crippen LogP contribution in [0.3, 0.4) is 0 Å². The quantitative estimate of drug-likeness (QED) is 0.670. The van der Waals surface area contributed by atoms with Crippen LogP contribution in [0, 0.1) is 5.82 Å². The number of halogens is 1. The SMILES string of the molecule is OCCc1cc(N2CCNCC2)cc(-c2ccc(Oc3ccc(F)cc3)cc2)n1. The van der Waals surface area contributed by atoms with Crippen molar-refractivity contribution in [2.75, 3.05) is 37.7 Å². The van der Waals surface area contributed by atoms with E-state index in [1.54, 1.807) is 12.1 Å². The Kier molecular flexibility index (Phi) is 6.03. The number of aliphatic hydroxyl groups is 1. The minimum atomic E-state index is -0.290. The second kappa shape index (κ2) is 9.03. The topological polar surface area (TPSA) is 57.6 Å². The summed E-state index contributed by atoms with van der Waals surface area (Å²) in [5.41, 5.74) is 3.86. The Labute approximate surface area is 169 Å². The third-order valence-corrected chi connectivity index (χ3v) is 4.91. The monoisotopic (exact) mass is 393 g/mol. The van der Waals surface area contributed by atoms with Gasteiger partial charge in [-0.25, -0.2) is 4.39 Å². The van der Waals surface area contributed by atoms with Crippen LogP contribution < -0.4 is 15.0 Å². The smallest absolute Gasteiger partial charge is 0.127 e. The minimum Gasteiger partial charge on any atom is -0.457 e. The van der Waals surface area contributed by atoms with Gasteiger partial charge in [-0.15, -0.1) is 0 Å². The van der Waals surface area contributed by atoms with E-state index in [2.05, 4.69) is 22.3 Å². The van der Waals surface area contributed by atoms with Crippen molar-refractivity contribution in [3.8, 4) is 22.8 Å². The minimum absolute atomic E-state index is 0.0713. The molecule has 1 aliphatic heterocycles. The number of ether oxygens (including phenoxy) is 1. The summed E-state index contributed by atoms with van der Waals surface area (Å²) >= 11 is 0. The first kappa shape index (κ1) is 19.4. The Morgan fingerprint density at radius 3 is 2.28 bits per heavy atom. The van der Waals surface area contributed by atoms with Crippen LogP contribution in [0.4, 0.5) is 10.1 Å². The Bertz CT molecular complexity index is 939. The third-order valence-electron chi connectivity index (χ3n) is 4.91. The van der Waals surface area contributed by atoms with Crippen LogP contribution in [-0.4, -0.2) is 42.9 Å². The number of anilines is 1. The first-order chi connectivity index (χ1) is 14.2. The lowest BCUT2D eigenvalue weighted by atomic mass is 10.1. The number of nitrogens with zero attached hydrogens (tertiary/aromatic N) is 2. The first-order valence-electron chi connectivity index (χ1n) is 9.82. The van der Waals surface area contributed by atoms with E-state index in [1.165, 1.54) is 12.1 Å². The van der Waals surface area contributed by atoms with Gasteiger partial charge in [0.15, 0.2) is 0 Å². The Morgan fingerprint density at radius 2 is 1.62 bits per heavy atom. The van der Waals surface area contributed by atoms with Crippen LogP contribution >= 0.6 is 0 Å². The van der Waals surface area contributed by atoms with Gasteiger partial charge in [-0.2, -0.15) is 0 Å². The average Bonchev–Trinajstić information content (AvgIpc) is 2.76. The Morgan fingerprint density at radius 1 is 0.966 bits per heavy atom. The molecule has 6 heteroatoms. The predicted octanol–water partition coefficient (Wildman–Crippen LogP) is 3.62. The van der Waals surface area contributed by atoms with Crippen LogP contribution in [0.2, 0.25) is 0 Å². The van der Waals surface area contributed by atoms with Crippen molar-refractivity contribution in [1.82, 2.24) is 10.3 Å². The summed E-state index contributed by atoms with van der Waals surface area (Å²) in [6, 6.07) is 17.8. The highest BCUT2D eigenvalue weighted by Gasteiger charge is 2.14. The molecule has 29 heavy (non-hydrogen) atoms. The largest absolute Gasteiger partial charge is 0.457 e. The molecule has 1 fully saturated rings. The highest BCUT2D eigenvalue weighted by Crippen LogP contribution is 2.28. The first-order valence-corrected chi connectivity index (χ1v) is 9.82.